The molecule has 2 aromatic heterocycles. The van der Waals surface area contributed by atoms with Gasteiger partial charge in [-0.25, -0.2) is 9.97 Å². The van der Waals surface area contributed by atoms with Crippen molar-refractivity contribution in [3.05, 3.63) is 48.3 Å². The Morgan fingerprint density at radius 3 is 2.79 bits per heavy atom. The molecule has 2 aliphatic heterocycles. The van der Waals surface area contributed by atoms with Crippen LogP contribution >= 0.6 is 0 Å². The van der Waals surface area contributed by atoms with Gasteiger partial charge in [0.15, 0.2) is 0 Å². The van der Waals surface area contributed by atoms with E-state index in [9.17, 15) is 14.7 Å². The number of anilines is 4. The Morgan fingerprint density at radius 1 is 1.15 bits per heavy atom. The maximum absolute atomic E-state index is 12.1. The van der Waals surface area contributed by atoms with Gasteiger partial charge in [-0.2, -0.15) is 0 Å². The molecule has 2 amide bonds. The molecule has 4 heterocycles. The largest absolute Gasteiger partial charge is 0.485 e. The third-order valence-corrected chi connectivity index (χ3v) is 5.66. The summed E-state index contributed by atoms with van der Waals surface area (Å²) in [5.41, 5.74) is 4.60. The lowest BCUT2D eigenvalue weighted by Crippen LogP contribution is -2.39. The number of hydrogen-bond acceptors (Lipinski definition) is 8. The molecule has 174 valence electrons. The van der Waals surface area contributed by atoms with E-state index in [1.807, 2.05) is 31.2 Å². The Balaban J connectivity index is 1.43. The van der Waals surface area contributed by atoms with E-state index >= 15 is 0 Å². The number of aromatic nitrogens is 2. The number of nitrogens with zero attached hydrogens (tertiary/aromatic N) is 3. The number of benzene rings is 1. The van der Waals surface area contributed by atoms with Crippen molar-refractivity contribution in [2.75, 3.05) is 35.3 Å². The standard InChI is InChI=1S/C24H23N5O5/c1-13-18-9-22(25-11-19(18)17-4-3-15(27-14(2)31)8-21(17)34-13)28-16-7-20-24(26-10-16)33-6-5-29(20)23(32)12-30/h3-4,7-11,13,30H,5-6,12H2,1-2H3,(H,25,28)(H,27,31). The number of aliphatic hydroxyl groups excluding tert-OH is 1. The number of fused-ring (bicyclic) bond motifs is 4. The lowest BCUT2D eigenvalue weighted by atomic mass is 9.95. The number of carbonyl (C=O) groups is 2. The van der Waals surface area contributed by atoms with Crippen LogP contribution in [0.15, 0.2) is 42.7 Å². The van der Waals surface area contributed by atoms with Crippen molar-refractivity contribution in [2.24, 2.45) is 0 Å². The summed E-state index contributed by atoms with van der Waals surface area (Å²) < 4.78 is 11.6. The minimum Gasteiger partial charge on any atom is -0.485 e. The quantitative estimate of drug-likeness (QED) is 0.541. The van der Waals surface area contributed by atoms with Crippen LogP contribution in [0, 0.1) is 0 Å². The van der Waals surface area contributed by atoms with Gasteiger partial charge in [-0.3, -0.25) is 9.59 Å². The molecule has 10 nitrogen and oxygen atoms in total. The number of pyridine rings is 2. The van der Waals surface area contributed by atoms with E-state index in [1.54, 1.807) is 18.5 Å². The topological polar surface area (TPSA) is 126 Å². The molecule has 0 spiro atoms. The molecule has 3 aromatic rings. The Bertz CT molecular complexity index is 1290. The average Bonchev–Trinajstić information content (AvgIpc) is 2.83. The number of rotatable bonds is 4. The van der Waals surface area contributed by atoms with Gasteiger partial charge in [0, 0.05) is 41.6 Å². The van der Waals surface area contributed by atoms with E-state index in [1.165, 1.54) is 11.8 Å². The average molecular weight is 461 g/mol. The van der Waals surface area contributed by atoms with Crippen molar-refractivity contribution in [3.63, 3.8) is 0 Å². The molecule has 0 saturated heterocycles. The molecule has 1 unspecified atom stereocenters. The molecule has 34 heavy (non-hydrogen) atoms. The van der Waals surface area contributed by atoms with E-state index in [2.05, 4.69) is 20.6 Å². The third-order valence-electron chi connectivity index (χ3n) is 5.66. The van der Waals surface area contributed by atoms with E-state index in [4.69, 9.17) is 9.47 Å². The van der Waals surface area contributed by atoms with Crippen molar-refractivity contribution in [2.45, 2.75) is 20.0 Å². The normalized spacial score (nSPS) is 15.7. The molecule has 0 saturated carbocycles. The zero-order valence-corrected chi connectivity index (χ0v) is 18.7. The molecule has 0 fully saturated rings. The fourth-order valence-electron chi connectivity index (χ4n) is 4.14. The van der Waals surface area contributed by atoms with Crippen molar-refractivity contribution >= 4 is 34.7 Å². The monoisotopic (exact) mass is 461 g/mol. The molecular weight excluding hydrogens is 438 g/mol. The molecule has 0 bridgehead atoms. The maximum Gasteiger partial charge on any atom is 0.252 e. The van der Waals surface area contributed by atoms with Gasteiger partial charge >= 0.3 is 0 Å². The second-order valence-electron chi connectivity index (χ2n) is 8.03. The molecule has 0 radical (unpaired) electrons. The fourth-order valence-corrected chi connectivity index (χ4v) is 4.14. The molecule has 3 N–H and O–H groups in total. The van der Waals surface area contributed by atoms with Crippen LogP contribution in [-0.2, 0) is 9.59 Å². The number of hydrogen-bond donors (Lipinski definition) is 3. The van der Waals surface area contributed by atoms with Gasteiger partial charge in [-0.1, -0.05) is 0 Å². The number of carbonyl (C=O) groups excluding carboxylic acids is 2. The maximum atomic E-state index is 12.1. The van der Waals surface area contributed by atoms with Gasteiger partial charge < -0.3 is 30.1 Å². The summed E-state index contributed by atoms with van der Waals surface area (Å²) in [6, 6.07) is 9.20. The Labute approximate surface area is 195 Å². The highest BCUT2D eigenvalue weighted by molar-refractivity contribution is 5.96. The predicted octanol–water partition coefficient (Wildman–Crippen LogP) is 3.02. The van der Waals surface area contributed by atoms with E-state index in [0.29, 0.717) is 47.7 Å². The van der Waals surface area contributed by atoms with Crippen LogP contribution in [0.1, 0.15) is 25.5 Å². The van der Waals surface area contributed by atoms with Crippen molar-refractivity contribution in [1.29, 1.82) is 0 Å². The lowest BCUT2D eigenvalue weighted by molar-refractivity contribution is -0.121. The van der Waals surface area contributed by atoms with E-state index in [0.717, 1.165) is 16.7 Å². The first-order chi connectivity index (χ1) is 16.4. The number of nitrogens with one attached hydrogen (secondary N) is 2. The summed E-state index contributed by atoms with van der Waals surface area (Å²) in [6.07, 6.45) is 3.15. The summed E-state index contributed by atoms with van der Waals surface area (Å²) in [6.45, 7) is 3.48. The van der Waals surface area contributed by atoms with Gasteiger partial charge in [0.05, 0.1) is 18.4 Å². The van der Waals surface area contributed by atoms with E-state index < -0.39 is 12.5 Å². The smallest absolute Gasteiger partial charge is 0.252 e. The SMILES string of the molecule is CC(=O)Nc1ccc2c(c1)OC(C)c1cc(Nc3cnc4c(c3)N(C(=O)CO)CCO4)ncc1-2. The molecular formula is C24H23N5O5. The minimum atomic E-state index is -0.588. The Hall–Kier alpha value is -4.18. The van der Waals surface area contributed by atoms with Crippen LogP contribution in [0.5, 0.6) is 11.6 Å². The highest BCUT2D eigenvalue weighted by Gasteiger charge is 2.26. The van der Waals surface area contributed by atoms with Gasteiger partial charge in [-0.05, 0) is 31.2 Å². The van der Waals surface area contributed by atoms with Crippen molar-refractivity contribution in [3.8, 4) is 22.8 Å². The Morgan fingerprint density at radius 2 is 2.00 bits per heavy atom. The fraction of sp³-hybridized carbons (Fsp3) is 0.250. The molecule has 0 aliphatic carbocycles. The molecule has 1 aromatic carbocycles. The lowest BCUT2D eigenvalue weighted by Gasteiger charge is -2.29. The summed E-state index contributed by atoms with van der Waals surface area (Å²) in [4.78, 5) is 33.8. The van der Waals surface area contributed by atoms with Gasteiger partial charge in [0.25, 0.3) is 5.91 Å². The second-order valence-corrected chi connectivity index (χ2v) is 8.03. The highest BCUT2D eigenvalue weighted by atomic mass is 16.5. The van der Waals surface area contributed by atoms with Crippen molar-refractivity contribution < 1.29 is 24.2 Å². The first-order valence-corrected chi connectivity index (χ1v) is 10.8. The summed E-state index contributed by atoms with van der Waals surface area (Å²) in [5, 5.41) is 15.3. The molecule has 2 aliphatic rings. The highest BCUT2D eigenvalue weighted by Crippen LogP contribution is 2.44. The molecule has 5 rings (SSSR count). The third kappa shape index (κ3) is 3.99. The van der Waals surface area contributed by atoms with Crippen molar-refractivity contribution in [1.82, 2.24) is 9.97 Å². The summed E-state index contributed by atoms with van der Waals surface area (Å²) >= 11 is 0. The first-order valence-electron chi connectivity index (χ1n) is 10.8. The van der Waals surface area contributed by atoms with Gasteiger partial charge in [-0.15, -0.1) is 0 Å². The zero-order valence-electron chi connectivity index (χ0n) is 18.7. The first kappa shape index (κ1) is 21.7. The summed E-state index contributed by atoms with van der Waals surface area (Å²) in [7, 11) is 0. The van der Waals surface area contributed by atoms with Crippen LogP contribution in [0.3, 0.4) is 0 Å². The van der Waals surface area contributed by atoms with Crippen LogP contribution in [0.4, 0.5) is 22.9 Å². The van der Waals surface area contributed by atoms with Crippen LogP contribution in [0.25, 0.3) is 11.1 Å². The van der Waals surface area contributed by atoms with Crippen LogP contribution in [0.2, 0.25) is 0 Å². The second kappa shape index (κ2) is 8.64. The predicted molar refractivity (Wildman–Crippen MR) is 125 cm³/mol. The van der Waals surface area contributed by atoms with Crippen LogP contribution < -0.4 is 25.0 Å². The molecule has 10 heteroatoms. The zero-order chi connectivity index (χ0) is 23.8. The number of amides is 2. The number of aliphatic hydroxyl groups is 1. The van der Waals surface area contributed by atoms with Gasteiger partial charge in [0.1, 0.15) is 36.6 Å². The number of ether oxygens (including phenoxy) is 2. The van der Waals surface area contributed by atoms with E-state index in [-0.39, 0.29) is 12.0 Å². The minimum absolute atomic E-state index is 0.145. The summed E-state index contributed by atoms with van der Waals surface area (Å²) in [5.74, 6) is 1.05. The molecule has 1 atom stereocenters. The van der Waals surface area contributed by atoms with Crippen LogP contribution in [-0.4, -0.2) is 46.6 Å². The van der Waals surface area contributed by atoms with Gasteiger partial charge in [0.2, 0.25) is 11.8 Å². The Kier molecular flexibility index (Phi) is 5.50.